The molecule has 2 rings (SSSR count). The predicted molar refractivity (Wildman–Crippen MR) is 69.6 cm³/mol. The van der Waals surface area contributed by atoms with Crippen LogP contribution in [0.2, 0.25) is 0 Å². The molecule has 0 fully saturated rings. The molecule has 1 aromatic rings. The zero-order valence-electron chi connectivity index (χ0n) is 10.7. The molecule has 0 saturated heterocycles. The Morgan fingerprint density at radius 3 is 2.47 bits per heavy atom. The van der Waals surface area contributed by atoms with E-state index in [2.05, 4.69) is 5.32 Å². The predicted octanol–water partition coefficient (Wildman–Crippen LogP) is -0.452. The number of hydrogen-bond donors (Lipinski definition) is 4. The van der Waals surface area contributed by atoms with Gasteiger partial charge >= 0.3 is 0 Å². The highest BCUT2D eigenvalue weighted by atomic mass is 16.3. The Labute approximate surface area is 111 Å². The van der Waals surface area contributed by atoms with Gasteiger partial charge in [0.15, 0.2) is 0 Å². The number of carbonyl (C=O) groups is 1. The van der Waals surface area contributed by atoms with Crippen molar-refractivity contribution in [1.82, 2.24) is 5.32 Å². The molecule has 1 unspecified atom stereocenters. The van der Waals surface area contributed by atoms with Gasteiger partial charge in [-0.1, -0.05) is 24.3 Å². The van der Waals surface area contributed by atoms with Gasteiger partial charge in [0.25, 0.3) is 0 Å². The van der Waals surface area contributed by atoms with Crippen LogP contribution in [0.4, 0.5) is 0 Å². The largest absolute Gasteiger partial charge is 0.394 e. The highest BCUT2D eigenvalue weighted by Crippen LogP contribution is 2.33. The first-order valence-electron chi connectivity index (χ1n) is 6.38. The number of benzene rings is 1. The van der Waals surface area contributed by atoms with Crippen LogP contribution in [0.5, 0.6) is 0 Å². The first kappa shape index (κ1) is 14.0. The van der Waals surface area contributed by atoms with Crippen LogP contribution in [0.1, 0.15) is 23.5 Å². The molecule has 1 aliphatic carbocycles. The standard InChI is InChI=1S/C14H19NO4/c16-7-14(8-17,9-18)15-13(19)12-6-5-10-3-1-2-4-11(10)12/h1-4,12,16-18H,5-9H2,(H,15,19). The molecule has 0 radical (unpaired) electrons. The van der Waals surface area contributed by atoms with Gasteiger partial charge in [0.1, 0.15) is 5.54 Å². The first-order chi connectivity index (χ1) is 9.15. The molecule has 0 heterocycles. The van der Waals surface area contributed by atoms with E-state index in [-0.39, 0.29) is 11.8 Å². The molecule has 104 valence electrons. The van der Waals surface area contributed by atoms with Crippen molar-refractivity contribution in [3.63, 3.8) is 0 Å². The van der Waals surface area contributed by atoms with E-state index in [4.69, 9.17) is 0 Å². The Hall–Kier alpha value is -1.43. The molecular weight excluding hydrogens is 246 g/mol. The van der Waals surface area contributed by atoms with Crippen LogP contribution in [0, 0.1) is 0 Å². The monoisotopic (exact) mass is 265 g/mol. The average molecular weight is 265 g/mol. The highest BCUT2D eigenvalue weighted by molar-refractivity contribution is 5.85. The van der Waals surface area contributed by atoms with E-state index in [9.17, 15) is 20.1 Å². The Kier molecular flexibility index (Phi) is 4.19. The second-order valence-electron chi connectivity index (χ2n) is 5.03. The highest BCUT2D eigenvalue weighted by Gasteiger charge is 2.35. The van der Waals surface area contributed by atoms with Gasteiger partial charge in [-0.2, -0.15) is 0 Å². The average Bonchev–Trinajstić information content (AvgIpc) is 2.89. The van der Waals surface area contributed by atoms with Crippen LogP contribution in [0.15, 0.2) is 24.3 Å². The van der Waals surface area contributed by atoms with Gasteiger partial charge in [-0.25, -0.2) is 0 Å². The summed E-state index contributed by atoms with van der Waals surface area (Å²) in [5.41, 5.74) is 0.794. The summed E-state index contributed by atoms with van der Waals surface area (Å²) in [6.45, 7) is -1.50. The number of aliphatic hydroxyl groups is 3. The summed E-state index contributed by atoms with van der Waals surface area (Å²) in [5, 5.41) is 30.3. The van der Waals surface area contributed by atoms with E-state index >= 15 is 0 Å². The molecule has 1 aromatic carbocycles. The zero-order chi connectivity index (χ0) is 13.9. The Morgan fingerprint density at radius 2 is 1.84 bits per heavy atom. The molecule has 4 N–H and O–H groups in total. The lowest BCUT2D eigenvalue weighted by Crippen LogP contribution is -2.57. The molecule has 1 amide bonds. The lowest BCUT2D eigenvalue weighted by atomic mass is 9.97. The number of fused-ring (bicyclic) bond motifs is 1. The van der Waals surface area contributed by atoms with Crippen molar-refractivity contribution in [1.29, 1.82) is 0 Å². The van der Waals surface area contributed by atoms with E-state index in [1.807, 2.05) is 24.3 Å². The van der Waals surface area contributed by atoms with Crippen LogP contribution in [-0.4, -0.2) is 46.6 Å². The Bertz CT molecular complexity index is 448. The quantitative estimate of drug-likeness (QED) is 0.580. The smallest absolute Gasteiger partial charge is 0.228 e. The fraction of sp³-hybridized carbons (Fsp3) is 0.500. The SMILES string of the molecule is O=C(NC(CO)(CO)CO)C1CCc2ccccc21. The third-order valence-corrected chi connectivity index (χ3v) is 3.75. The van der Waals surface area contributed by atoms with Crippen molar-refractivity contribution in [3.05, 3.63) is 35.4 Å². The van der Waals surface area contributed by atoms with Crippen LogP contribution in [0.3, 0.4) is 0 Å². The molecule has 1 aliphatic rings. The second-order valence-corrected chi connectivity index (χ2v) is 5.03. The summed E-state index contributed by atoms with van der Waals surface area (Å²) in [6, 6.07) is 7.76. The molecule has 0 aliphatic heterocycles. The van der Waals surface area contributed by atoms with Gasteiger partial charge in [-0.3, -0.25) is 4.79 Å². The normalized spacial score (nSPS) is 18.2. The molecule has 0 spiro atoms. The van der Waals surface area contributed by atoms with Crippen molar-refractivity contribution in [2.45, 2.75) is 24.3 Å². The van der Waals surface area contributed by atoms with Crippen LogP contribution >= 0.6 is 0 Å². The molecule has 1 atom stereocenters. The molecule has 19 heavy (non-hydrogen) atoms. The van der Waals surface area contributed by atoms with Gasteiger partial charge in [0.2, 0.25) is 5.91 Å². The van der Waals surface area contributed by atoms with Gasteiger partial charge in [0.05, 0.1) is 25.7 Å². The number of nitrogens with one attached hydrogen (secondary N) is 1. The maximum atomic E-state index is 12.3. The second kappa shape index (κ2) is 5.69. The van der Waals surface area contributed by atoms with Gasteiger partial charge in [-0.05, 0) is 24.0 Å². The van der Waals surface area contributed by atoms with Gasteiger partial charge in [0, 0.05) is 0 Å². The molecule has 0 bridgehead atoms. The van der Waals surface area contributed by atoms with Crippen LogP contribution < -0.4 is 5.32 Å². The number of rotatable bonds is 5. The van der Waals surface area contributed by atoms with Crippen LogP contribution in [0.25, 0.3) is 0 Å². The van der Waals surface area contributed by atoms with E-state index in [0.717, 1.165) is 17.5 Å². The van der Waals surface area contributed by atoms with Crippen LogP contribution in [-0.2, 0) is 11.2 Å². The Balaban J connectivity index is 2.14. The third kappa shape index (κ3) is 2.63. The minimum atomic E-state index is -1.35. The maximum Gasteiger partial charge on any atom is 0.228 e. The zero-order valence-corrected chi connectivity index (χ0v) is 10.7. The molecule has 5 heteroatoms. The van der Waals surface area contributed by atoms with E-state index in [1.165, 1.54) is 0 Å². The third-order valence-electron chi connectivity index (χ3n) is 3.75. The lowest BCUT2D eigenvalue weighted by molar-refractivity contribution is -0.126. The number of hydrogen-bond acceptors (Lipinski definition) is 4. The van der Waals surface area contributed by atoms with Gasteiger partial charge < -0.3 is 20.6 Å². The fourth-order valence-electron chi connectivity index (χ4n) is 2.45. The summed E-state index contributed by atoms with van der Waals surface area (Å²) in [6.07, 6.45) is 1.56. The first-order valence-corrected chi connectivity index (χ1v) is 6.38. The summed E-state index contributed by atoms with van der Waals surface area (Å²) in [7, 11) is 0. The topological polar surface area (TPSA) is 89.8 Å². The fourth-order valence-corrected chi connectivity index (χ4v) is 2.45. The minimum Gasteiger partial charge on any atom is -0.394 e. The minimum absolute atomic E-state index is 0.262. The van der Waals surface area contributed by atoms with E-state index in [0.29, 0.717) is 6.42 Å². The van der Waals surface area contributed by atoms with Crippen molar-refractivity contribution in [2.75, 3.05) is 19.8 Å². The van der Waals surface area contributed by atoms with Crippen molar-refractivity contribution in [3.8, 4) is 0 Å². The maximum absolute atomic E-state index is 12.3. The molecular formula is C14H19NO4. The summed E-state index contributed by atoms with van der Waals surface area (Å²) < 4.78 is 0. The molecule has 5 nitrogen and oxygen atoms in total. The summed E-state index contributed by atoms with van der Waals surface area (Å²) in [4.78, 5) is 12.3. The molecule has 0 saturated carbocycles. The van der Waals surface area contributed by atoms with E-state index in [1.54, 1.807) is 0 Å². The van der Waals surface area contributed by atoms with Crippen molar-refractivity contribution in [2.24, 2.45) is 0 Å². The number of carbonyl (C=O) groups excluding carboxylic acids is 1. The van der Waals surface area contributed by atoms with Crippen molar-refractivity contribution < 1.29 is 20.1 Å². The summed E-state index contributed by atoms with van der Waals surface area (Å²) in [5.74, 6) is -0.540. The Morgan fingerprint density at radius 1 is 1.21 bits per heavy atom. The van der Waals surface area contributed by atoms with E-state index < -0.39 is 25.4 Å². The molecule has 0 aromatic heterocycles. The summed E-state index contributed by atoms with van der Waals surface area (Å²) >= 11 is 0. The lowest BCUT2D eigenvalue weighted by Gasteiger charge is -2.30. The number of aliphatic hydroxyl groups excluding tert-OH is 3. The number of aryl methyl sites for hydroxylation is 1. The number of amides is 1. The van der Waals surface area contributed by atoms with Gasteiger partial charge in [-0.15, -0.1) is 0 Å². The van der Waals surface area contributed by atoms with Crippen molar-refractivity contribution >= 4 is 5.91 Å².